The molecule has 8 heteroatoms. The van der Waals surface area contributed by atoms with Crippen LogP contribution in [0.1, 0.15) is 17.0 Å². The van der Waals surface area contributed by atoms with Gasteiger partial charge in [0, 0.05) is 26.6 Å². The molecule has 2 amide bonds. The first kappa shape index (κ1) is 25.8. The minimum absolute atomic E-state index is 0.00857. The molecule has 1 aromatic heterocycles. The lowest BCUT2D eigenvalue weighted by atomic mass is 10.1. The van der Waals surface area contributed by atoms with E-state index in [1.807, 2.05) is 72.3 Å². The predicted molar refractivity (Wildman–Crippen MR) is 143 cm³/mol. The number of fused-ring (bicyclic) bond motifs is 1. The van der Waals surface area contributed by atoms with Crippen LogP contribution in [-0.4, -0.2) is 54.1 Å². The monoisotopic (exact) mass is 500 g/mol. The predicted octanol–water partition coefficient (Wildman–Crippen LogP) is 3.61. The van der Waals surface area contributed by atoms with Crippen LogP contribution in [0.2, 0.25) is 0 Å². The van der Waals surface area contributed by atoms with Crippen molar-refractivity contribution in [1.82, 2.24) is 19.8 Å². The molecule has 0 atom stereocenters. The Bertz CT molecular complexity index is 1370. The van der Waals surface area contributed by atoms with Gasteiger partial charge in [0.15, 0.2) is 11.5 Å². The van der Waals surface area contributed by atoms with E-state index in [1.165, 1.54) is 0 Å². The summed E-state index contributed by atoms with van der Waals surface area (Å²) in [6, 6.07) is 23.1. The summed E-state index contributed by atoms with van der Waals surface area (Å²) in [6.45, 7) is 1.12. The number of rotatable bonds is 11. The third kappa shape index (κ3) is 6.46. The minimum Gasteiger partial charge on any atom is -0.493 e. The van der Waals surface area contributed by atoms with Gasteiger partial charge < -0.3 is 24.3 Å². The molecule has 3 aromatic carbocycles. The Labute approximate surface area is 216 Å². The van der Waals surface area contributed by atoms with Crippen LogP contribution in [-0.2, 0) is 35.5 Å². The molecule has 0 unspecified atom stereocenters. The molecule has 0 spiro atoms. The number of nitrogens with zero attached hydrogens (tertiary/aromatic N) is 3. The second-order valence-electron chi connectivity index (χ2n) is 8.80. The van der Waals surface area contributed by atoms with E-state index in [4.69, 9.17) is 14.5 Å². The highest BCUT2D eigenvalue weighted by Gasteiger charge is 2.17. The molecule has 8 nitrogen and oxygen atoms in total. The van der Waals surface area contributed by atoms with Gasteiger partial charge in [0.1, 0.15) is 12.4 Å². The smallest absolute Gasteiger partial charge is 0.242 e. The molecule has 0 saturated heterocycles. The molecule has 0 saturated carbocycles. The minimum atomic E-state index is -0.103. The van der Waals surface area contributed by atoms with Crippen LogP contribution in [0, 0.1) is 0 Å². The fraction of sp³-hybridized carbons (Fsp3) is 0.276. The third-order valence-corrected chi connectivity index (χ3v) is 6.20. The van der Waals surface area contributed by atoms with Gasteiger partial charge in [-0.3, -0.25) is 9.59 Å². The average Bonchev–Trinajstić information content (AvgIpc) is 3.26. The first-order valence-electron chi connectivity index (χ1n) is 12.2. The molecule has 0 aliphatic heterocycles. The van der Waals surface area contributed by atoms with Gasteiger partial charge in [-0.05, 0) is 35.4 Å². The average molecular weight is 501 g/mol. The lowest BCUT2D eigenvalue weighted by Gasteiger charge is -2.19. The van der Waals surface area contributed by atoms with E-state index in [0.29, 0.717) is 31.0 Å². The number of methoxy groups -OCH3 is 2. The van der Waals surface area contributed by atoms with Crippen molar-refractivity contribution in [2.24, 2.45) is 0 Å². The van der Waals surface area contributed by atoms with Crippen LogP contribution in [0.15, 0.2) is 72.8 Å². The molecule has 4 rings (SSSR count). The Balaban J connectivity index is 1.40. The zero-order valence-electron chi connectivity index (χ0n) is 21.4. The van der Waals surface area contributed by atoms with Crippen molar-refractivity contribution in [3.8, 4) is 11.5 Å². The summed E-state index contributed by atoms with van der Waals surface area (Å²) in [4.78, 5) is 32.1. The van der Waals surface area contributed by atoms with E-state index in [2.05, 4.69) is 5.32 Å². The summed E-state index contributed by atoms with van der Waals surface area (Å²) in [7, 11) is 4.95. The van der Waals surface area contributed by atoms with Gasteiger partial charge in [0.2, 0.25) is 11.8 Å². The fourth-order valence-electron chi connectivity index (χ4n) is 4.25. The van der Waals surface area contributed by atoms with Crippen LogP contribution in [0.5, 0.6) is 11.5 Å². The number of carbonyl (C=O) groups excluding carboxylic acids is 2. The molecule has 0 bridgehead atoms. The van der Waals surface area contributed by atoms with E-state index in [9.17, 15) is 9.59 Å². The molecule has 192 valence electrons. The van der Waals surface area contributed by atoms with Gasteiger partial charge in [-0.25, -0.2) is 4.98 Å². The number of likely N-dealkylation sites (N-methyl/N-ethyl adjacent to an activating group) is 1. The Kier molecular flexibility index (Phi) is 8.40. The SMILES string of the molecule is COc1ccc(CC(=O)NCCc2nc3ccccc3n2CC(=O)N(C)Cc2ccccc2)cc1OC. The Morgan fingerprint density at radius 3 is 2.41 bits per heavy atom. The standard InChI is InChI=1S/C29H32N4O4/c1-32(19-21-9-5-4-6-10-21)29(35)20-33-24-12-8-7-11-23(24)31-27(33)15-16-30-28(34)18-22-13-14-25(36-2)26(17-22)37-3/h4-14,17H,15-16,18-20H2,1-3H3,(H,30,34). The topological polar surface area (TPSA) is 85.7 Å². The van der Waals surface area contributed by atoms with E-state index in [-0.39, 0.29) is 24.8 Å². The zero-order chi connectivity index (χ0) is 26.2. The lowest BCUT2D eigenvalue weighted by Crippen LogP contribution is -2.31. The van der Waals surface area contributed by atoms with Crippen LogP contribution >= 0.6 is 0 Å². The van der Waals surface area contributed by atoms with Crippen LogP contribution in [0.4, 0.5) is 0 Å². The molecule has 1 N–H and O–H groups in total. The van der Waals surface area contributed by atoms with Crippen LogP contribution in [0.25, 0.3) is 11.0 Å². The molecular formula is C29H32N4O4. The third-order valence-electron chi connectivity index (χ3n) is 6.20. The molecule has 4 aromatic rings. The van der Waals surface area contributed by atoms with E-state index >= 15 is 0 Å². The molecule has 37 heavy (non-hydrogen) atoms. The normalized spacial score (nSPS) is 10.8. The molecule has 0 aliphatic carbocycles. The van der Waals surface area contributed by atoms with Gasteiger partial charge in [0.05, 0.1) is 31.7 Å². The highest BCUT2D eigenvalue weighted by atomic mass is 16.5. The Hall–Kier alpha value is -4.33. The number of para-hydroxylation sites is 2. The quantitative estimate of drug-likeness (QED) is 0.340. The molecule has 0 aliphatic rings. The number of ether oxygens (including phenoxy) is 2. The zero-order valence-corrected chi connectivity index (χ0v) is 21.4. The van der Waals surface area contributed by atoms with Gasteiger partial charge in [0.25, 0.3) is 0 Å². The molecule has 0 fully saturated rings. The van der Waals surface area contributed by atoms with Crippen molar-refractivity contribution in [3.63, 3.8) is 0 Å². The largest absolute Gasteiger partial charge is 0.493 e. The number of hydrogen-bond donors (Lipinski definition) is 1. The van der Waals surface area contributed by atoms with Gasteiger partial charge in [-0.1, -0.05) is 48.5 Å². The highest BCUT2D eigenvalue weighted by Crippen LogP contribution is 2.27. The van der Waals surface area contributed by atoms with E-state index < -0.39 is 0 Å². The van der Waals surface area contributed by atoms with Crippen molar-refractivity contribution in [3.05, 3.63) is 89.7 Å². The van der Waals surface area contributed by atoms with Crippen molar-refractivity contribution >= 4 is 22.8 Å². The molecular weight excluding hydrogens is 468 g/mol. The van der Waals surface area contributed by atoms with Crippen LogP contribution in [0.3, 0.4) is 0 Å². The first-order valence-corrected chi connectivity index (χ1v) is 12.2. The number of amides is 2. The summed E-state index contributed by atoms with van der Waals surface area (Å²) in [6.07, 6.45) is 0.724. The number of hydrogen-bond acceptors (Lipinski definition) is 5. The Morgan fingerprint density at radius 2 is 1.65 bits per heavy atom. The second kappa shape index (κ2) is 12.1. The maximum Gasteiger partial charge on any atom is 0.242 e. The number of aromatic nitrogens is 2. The summed E-state index contributed by atoms with van der Waals surface area (Å²) < 4.78 is 12.5. The summed E-state index contributed by atoms with van der Waals surface area (Å²) in [5.74, 6) is 1.85. The molecule has 0 radical (unpaired) electrons. The maximum atomic E-state index is 13.1. The number of carbonyl (C=O) groups is 2. The van der Waals surface area contributed by atoms with Gasteiger partial charge >= 0.3 is 0 Å². The van der Waals surface area contributed by atoms with Crippen LogP contribution < -0.4 is 14.8 Å². The highest BCUT2D eigenvalue weighted by molar-refractivity contribution is 5.81. The van der Waals surface area contributed by atoms with Crippen molar-refractivity contribution in [2.45, 2.75) is 25.9 Å². The van der Waals surface area contributed by atoms with Crippen molar-refractivity contribution in [1.29, 1.82) is 0 Å². The summed E-state index contributed by atoms with van der Waals surface area (Å²) in [5.41, 5.74) is 3.63. The summed E-state index contributed by atoms with van der Waals surface area (Å²) >= 11 is 0. The van der Waals surface area contributed by atoms with Crippen molar-refractivity contribution < 1.29 is 19.1 Å². The summed E-state index contributed by atoms with van der Waals surface area (Å²) in [5, 5.41) is 2.97. The number of imidazole rings is 1. The molecule has 1 heterocycles. The number of nitrogens with one attached hydrogen (secondary N) is 1. The maximum absolute atomic E-state index is 13.1. The van der Waals surface area contributed by atoms with Gasteiger partial charge in [-0.15, -0.1) is 0 Å². The fourth-order valence-corrected chi connectivity index (χ4v) is 4.25. The van der Waals surface area contributed by atoms with Gasteiger partial charge in [-0.2, -0.15) is 0 Å². The Morgan fingerprint density at radius 1 is 0.919 bits per heavy atom. The lowest BCUT2D eigenvalue weighted by molar-refractivity contribution is -0.131. The van der Waals surface area contributed by atoms with E-state index in [1.54, 1.807) is 31.3 Å². The van der Waals surface area contributed by atoms with Crippen molar-refractivity contribution in [2.75, 3.05) is 27.8 Å². The number of benzene rings is 3. The second-order valence-corrected chi connectivity index (χ2v) is 8.80. The van der Waals surface area contributed by atoms with E-state index in [0.717, 1.165) is 28.0 Å². The first-order chi connectivity index (χ1) is 18.0.